The van der Waals surface area contributed by atoms with Crippen molar-refractivity contribution in [3.63, 3.8) is 0 Å². The van der Waals surface area contributed by atoms with Crippen molar-refractivity contribution in [2.45, 2.75) is 13.8 Å². The molecule has 0 aromatic heterocycles. The van der Waals surface area contributed by atoms with Crippen LogP contribution in [0.15, 0.2) is 18.2 Å². The first-order valence-electron chi connectivity index (χ1n) is 6.22. The molecule has 1 aromatic carbocycles. The van der Waals surface area contributed by atoms with Gasteiger partial charge in [0.05, 0.1) is 6.54 Å². The van der Waals surface area contributed by atoms with Gasteiger partial charge >= 0.3 is 0 Å². The molecule has 0 fully saturated rings. The Morgan fingerprint density at radius 1 is 1.26 bits per heavy atom. The summed E-state index contributed by atoms with van der Waals surface area (Å²) in [5.41, 5.74) is 7.56. The van der Waals surface area contributed by atoms with E-state index in [1.54, 1.807) is 31.1 Å². The third kappa shape index (κ3) is 3.71. The first-order valence-corrected chi connectivity index (χ1v) is 6.22. The topological polar surface area (TPSA) is 66.6 Å². The van der Waals surface area contributed by atoms with Crippen molar-refractivity contribution in [1.82, 2.24) is 4.90 Å². The van der Waals surface area contributed by atoms with E-state index in [9.17, 15) is 9.59 Å². The van der Waals surface area contributed by atoms with E-state index >= 15 is 0 Å². The summed E-state index contributed by atoms with van der Waals surface area (Å²) in [5, 5.41) is 0. The van der Waals surface area contributed by atoms with Gasteiger partial charge in [-0.3, -0.25) is 9.59 Å². The zero-order chi connectivity index (χ0) is 14.6. The Hall–Kier alpha value is -2.04. The molecule has 104 valence electrons. The molecule has 0 radical (unpaired) electrons. The summed E-state index contributed by atoms with van der Waals surface area (Å²) in [7, 11) is 3.44. The Kier molecular flexibility index (Phi) is 4.92. The molecule has 0 aliphatic heterocycles. The molecule has 2 N–H and O–H groups in total. The average Bonchev–Trinajstić information content (AvgIpc) is 2.35. The minimum Gasteiger partial charge on any atom is -0.398 e. The van der Waals surface area contributed by atoms with Gasteiger partial charge < -0.3 is 15.5 Å². The molecule has 0 atom stereocenters. The zero-order valence-corrected chi connectivity index (χ0v) is 11.9. The van der Waals surface area contributed by atoms with E-state index in [1.807, 2.05) is 17.9 Å². The van der Waals surface area contributed by atoms with E-state index in [0.29, 0.717) is 17.8 Å². The highest BCUT2D eigenvalue weighted by Gasteiger charge is 2.14. The maximum atomic E-state index is 11.8. The van der Waals surface area contributed by atoms with Crippen LogP contribution in [0.5, 0.6) is 0 Å². The Morgan fingerprint density at radius 3 is 2.37 bits per heavy atom. The first-order chi connectivity index (χ1) is 8.86. The van der Waals surface area contributed by atoms with Gasteiger partial charge in [-0.25, -0.2) is 0 Å². The van der Waals surface area contributed by atoms with E-state index in [4.69, 9.17) is 5.73 Å². The number of hydrogen-bond donors (Lipinski definition) is 1. The van der Waals surface area contributed by atoms with Gasteiger partial charge in [0, 0.05) is 37.6 Å². The number of amides is 1. The van der Waals surface area contributed by atoms with E-state index in [1.165, 1.54) is 6.92 Å². The number of Topliss-reactive ketones (excluding diaryl/α,β-unsaturated/α-hetero) is 1. The molecular weight excluding hydrogens is 242 g/mol. The molecule has 1 rings (SSSR count). The fourth-order valence-electron chi connectivity index (χ4n) is 1.74. The lowest BCUT2D eigenvalue weighted by Crippen LogP contribution is -2.36. The number of carbonyl (C=O) groups is 2. The van der Waals surface area contributed by atoms with Crippen LogP contribution in [-0.2, 0) is 4.79 Å². The number of hydrogen-bond acceptors (Lipinski definition) is 4. The second-order valence-corrected chi connectivity index (χ2v) is 4.63. The third-order valence-electron chi connectivity index (χ3n) is 2.99. The van der Waals surface area contributed by atoms with Crippen molar-refractivity contribution in [1.29, 1.82) is 0 Å². The van der Waals surface area contributed by atoms with E-state index in [2.05, 4.69) is 0 Å². The quantitative estimate of drug-likeness (QED) is 0.644. The van der Waals surface area contributed by atoms with Crippen molar-refractivity contribution in [3.05, 3.63) is 23.8 Å². The fourth-order valence-corrected chi connectivity index (χ4v) is 1.74. The normalized spacial score (nSPS) is 10.1. The smallest absolute Gasteiger partial charge is 0.241 e. The molecule has 1 aromatic rings. The van der Waals surface area contributed by atoms with Gasteiger partial charge in [0.1, 0.15) is 0 Å². The van der Waals surface area contributed by atoms with Crippen LogP contribution < -0.4 is 10.6 Å². The number of carbonyl (C=O) groups excluding carboxylic acids is 2. The van der Waals surface area contributed by atoms with Crippen LogP contribution >= 0.6 is 0 Å². The van der Waals surface area contributed by atoms with Gasteiger partial charge in [0.15, 0.2) is 5.78 Å². The molecule has 0 unspecified atom stereocenters. The van der Waals surface area contributed by atoms with E-state index < -0.39 is 0 Å². The number of likely N-dealkylation sites (N-methyl/N-ethyl adjacent to an activating group) is 2. The van der Waals surface area contributed by atoms with Crippen LogP contribution in [0.2, 0.25) is 0 Å². The lowest BCUT2D eigenvalue weighted by Gasteiger charge is -2.24. The molecule has 0 aliphatic rings. The Balaban J connectivity index is 3.02. The molecule has 0 saturated heterocycles. The fraction of sp³-hybridized carbons (Fsp3) is 0.429. The maximum Gasteiger partial charge on any atom is 0.241 e. The van der Waals surface area contributed by atoms with Gasteiger partial charge in [-0.05, 0) is 32.0 Å². The van der Waals surface area contributed by atoms with Crippen LogP contribution in [-0.4, -0.2) is 43.8 Å². The van der Waals surface area contributed by atoms with Crippen molar-refractivity contribution >= 4 is 23.1 Å². The number of anilines is 2. The number of ketones is 1. The lowest BCUT2D eigenvalue weighted by atomic mass is 10.1. The molecular formula is C14H21N3O2. The summed E-state index contributed by atoms with van der Waals surface area (Å²) >= 11 is 0. The molecule has 1 amide bonds. The first kappa shape index (κ1) is 15.0. The summed E-state index contributed by atoms with van der Waals surface area (Å²) in [5.74, 6) is -0.0580. The van der Waals surface area contributed by atoms with Gasteiger partial charge in [-0.2, -0.15) is 0 Å². The standard InChI is InChI=1S/C14H21N3O2/c1-5-17(9-14(19)16(3)4)11-6-7-13(15)12(8-11)10(2)18/h6-8H,5,9,15H2,1-4H3. The van der Waals surface area contributed by atoms with Gasteiger partial charge in [0.25, 0.3) is 0 Å². The van der Waals surface area contributed by atoms with Gasteiger partial charge in [-0.1, -0.05) is 0 Å². The molecule has 19 heavy (non-hydrogen) atoms. The monoisotopic (exact) mass is 263 g/mol. The van der Waals surface area contributed by atoms with Gasteiger partial charge in [-0.15, -0.1) is 0 Å². The predicted molar refractivity (Wildman–Crippen MR) is 77.4 cm³/mol. The second-order valence-electron chi connectivity index (χ2n) is 4.63. The minimum atomic E-state index is -0.0747. The number of nitrogen functional groups attached to an aromatic ring is 1. The summed E-state index contributed by atoms with van der Waals surface area (Å²) in [4.78, 5) is 26.7. The molecule has 0 spiro atoms. The number of nitrogens with two attached hydrogens (primary N) is 1. The van der Waals surface area contributed by atoms with Crippen LogP contribution in [0.1, 0.15) is 24.2 Å². The van der Waals surface area contributed by atoms with Crippen molar-refractivity contribution in [2.24, 2.45) is 0 Å². The molecule has 0 saturated carbocycles. The summed E-state index contributed by atoms with van der Waals surface area (Å²) < 4.78 is 0. The molecule has 0 aliphatic carbocycles. The van der Waals surface area contributed by atoms with Crippen LogP contribution in [0.3, 0.4) is 0 Å². The average molecular weight is 263 g/mol. The van der Waals surface area contributed by atoms with Crippen LogP contribution in [0.25, 0.3) is 0 Å². The highest BCUT2D eigenvalue weighted by molar-refractivity contribution is 6.00. The third-order valence-corrected chi connectivity index (χ3v) is 2.99. The van der Waals surface area contributed by atoms with Crippen molar-refractivity contribution in [3.8, 4) is 0 Å². The highest BCUT2D eigenvalue weighted by Crippen LogP contribution is 2.21. The highest BCUT2D eigenvalue weighted by atomic mass is 16.2. The van der Waals surface area contributed by atoms with Crippen LogP contribution in [0.4, 0.5) is 11.4 Å². The molecule has 0 heterocycles. The maximum absolute atomic E-state index is 11.8. The van der Waals surface area contributed by atoms with Crippen LogP contribution in [0, 0.1) is 0 Å². The molecule has 5 heteroatoms. The minimum absolute atomic E-state index is 0.0167. The summed E-state index contributed by atoms with van der Waals surface area (Å²) in [6.07, 6.45) is 0. The summed E-state index contributed by atoms with van der Waals surface area (Å²) in [6, 6.07) is 5.27. The lowest BCUT2D eigenvalue weighted by molar-refractivity contribution is -0.127. The van der Waals surface area contributed by atoms with Crippen molar-refractivity contribution < 1.29 is 9.59 Å². The molecule has 0 bridgehead atoms. The Labute approximate surface area is 114 Å². The number of rotatable bonds is 5. The zero-order valence-electron chi connectivity index (χ0n) is 11.9. The SMILES string of the molecule is CCN(CC(=O)N(C)C)c1ccc(N)c(C(C)=O)c1. The number of benzene rings is 1. The Morgan fingerprint density at radius 2 is 1.89 bits per heavy atom. The predicted octanol–water partition coefficient (Wildman–Crippen LogP) is 1.39. The van der Waals surface area contributed by atoms with Gasteiger partial charge in [0.2, 0.25) is 5.91 Å². The largest absolute Gasteiger partial charge is 0.398 e. The summed E-state index contributed by atoms with van der Waals surface area (Å²) in [6.45, 7) is 4.41. The van der Waals surface area contributed by atoms with Crippen molar-refractivity contribution in [2.75, 3.05) is 37.8 Å². The molecule has 5 nitrogen and oxygen atoms in total. The Bertz CT molecular complexity index is 484. The number of nitrogens with zero attached hydrogens (tertiary/aromatic N) is 2. The van der Waals surface area contributed by atoms with E-state index in [0.717, 1.165) is 5.69 Å². The second kappa shape index (κ2) is 6.22. The van der Waals surface area contributed by atoms with E-state index in [-0.39, 0.29) is 18.2 Å².